The van der Waals surface area contributed by atoms with Gasteiger partial charge in [-0.3, -0.25) is 4.79 Å². The Morgan fingerprint density at radius 1 is 0.958 bits per heavy atom. The molecule has 2 aromatic rings. The van der Waals surface area contributed by atoms with Crippen LogP contribution in [-0.2, 0) is 4.79 Å². The molecule has 0 heterocycles. The molecule has 0 bridgehead atoms. The second kappa shape index (κ2) is 8.34. The van der Waals surface area contributed by atoms with Gasteiger partial charge in [-0.05, 0) is 61.2 Å². The predicted octanol–water partition coefficient (Wildman–Crippen LogP) is 4.59. The van der Waals surface area contributed by atoms with Crippen LogP contribution in [0.5, 0.6) is 5.75 Å². The summed E-state index contributed by atoms with van der Waals surface area (Å²) in [6.07, 6.45) is 4.46. The van der Waals surface area contributed by atoms with Crippen molar-refractivity contribution in [1.29, 1.82) is 0 Å². The van der Waals surface area contributed by atoms with Gasteiger partial charge < -0.3 is 10.0 Å². The molecule has 2 aromatic carbocycles. The van der Waals surface area contributed by atoms with Gasteiger partial charge in [-0.25, -0.2) is 0 Å². The van der Waals surface area contributed by atoms with E-state index in [1.807, 2.05) is 32.3 Å². The lowest BCUT2D eigenvalue weighted by Gasteiger charge is -2.11. The number of hydrogen-bond acceptors (Lipinski definition) is 3. The number of allylic oxidation sites excluding steroid dienone is 1. The quantitative estimate of drug-likeness (QED) is 0.822. The molecule has 0 spiro atoms. The number of anilines is 1. The molecule has 0 saturated heterocycles. The van der Waals surface area contributed by atoms with E-state index in [9.17, 15) is 4.79 Å². The van der Waals surface area contributed by atoms with Gasteiger partial charge in [-0.2, -0.15) is 0 Å². The second-order valence-electron chi connectivity index (χ2n) is 6.27. The summed E-state index contributed by atoms with van der Waals surface area (Å²) < 4.78 is 0. The fraction of sp³-hybridized carbons (Fsp3) is 0.286. The van der Waals surface area contributed by atoms with Crippen molar-refractivity contribution in [3.63, 3.8) is 0 Å². The maximum absolute atomic E-state index is 11.3. The molecule has 3 rings (SSSR count). The van der Waals surface area contributed by atoms with E-state index in [4.69, 9.17) is 5.11 Å². The zero-order chi connectivity index (χ0) is 17.5. The van der Waals surface area contributed by atoms with Crippen molar-refractivity contribution in [2.24, 2.45) is 0 Å². The lowest BCUT2D eigenvalue weighted by atomic mass is 10.1. The van der Waals surface area contributed by atoms with E-state index in [-0.39, 0.29) is 11.5 Å². The Morgan fingerprint density at radius 2 is 1.58 bits per heavy atom. The zero-order valence-corrected chi connectivity index (χ0v) is 14.6. The van der Waals surface area contributed by atoms with Crippen LogP contribution in [0.15, 0.2) is 54.1 Å². The van der Waals surface area contributed by atoms with E-state index >= 15 is 0 Å². The lowest BCUT2D eigenvalue weighted by molar-refractivity contribution is -0.114. The summed E-state index contributed by atoms with van der Waals surface area (Å²) in [5, 5.41) is 9.08. The van der Waals surface area contributed by atoms with E-state index in [0.717, 1.165) is 24.0 Å². The maximum atomic E-state index is 11.3. The smallest absolute Gasteiger partial charge is 0.158 e. The van der Waals surface area contributed by atoms with E-state index in [0.29, 0.717) is 6.42 Å². The molecule has 126 valence electrons. The Kier molecular flexibility index (Phi) is 6.19. The summed E-state index contributed by atoms with van der Waals surface area (Å²) in [5.74, 6) is 0.517. The van der Waals surface area contributed by atoms with Crippen LogP contribution in [-0.4, -0.2) is 25.0 Å². The number of hydrogen-bond donors (Lipinski definition) is 1. The molecule has 1 fully saturated rings. The minimum absolute atomic E-state index is 0.255. The van der Waals surface area contributed by atoms with Crippen LogP contribution in [0.2, 0.25) is 0 Å². The summed E-state index contributed by atoms with van der Waals surface area (Å²) >= 11 is 0. The van der Waals surface area contributed by atoms with Crippen LogP contribution in [0.1, 0.15) is 30.4 Å². The van der Waals surface area contributed by atoms with Gasteiger partial charge in [0.05, 0.1) is 0 Å². The highest BCUT2D eigenvalue weighted by molar-refractivity contribution is 6.01. The normalized spacial score (nSPS) is 15.1. The van der Waals surface area contributed by atoms with Gasteiger partial charge in [-0.15, -0.1) is 0 Å². The molecular weight excluding hydrogens is 298 g/mol. The van der Waals surface area contributed by atoms with Crippen LogP contribution >= 0.6 is 0 Å². The minimum Gasteiger partial charge on any atom is -0.508 e. The van der Waals surface area contributed by atoms with Gasteiger partial charge in [0.2, 0.25) is 0 Å². The largest absolute Gasteiger partial charge is 0.508 e. The second-order valence-corrected chi connectivity index (χ2v) is 6.27. The van der Waals surface area contributed by atoms with E-state index in [1.54, 1.807) is 12.1 Å². The molecule has 0 unspecified atom stereocenters. The molecule has 0 aliphatic heterocycles. The average molecular weight is 323 g/mol. The number of aromatic hydroxyl groups is 1. The summed E-state index contributed by atoms with van der Waals surface area (Å²) in [7, 11) is 4.09. The van der Waals surface area contributed by atoms with E-state index < -0.39 is 0 Å². The minimum atomic E-state index is 0.255. The first-order valence-electron chi connectivity index (χ1n) is 8.22. The van der Waals surface area contributed by atoms with Crippen molar-refractivity contribution >= 4 is 17.5 Å². The molecular formula is C21H25NO2. The number of Topliss-reactive ketones (excluding diaryl/α,β-unsaturated/α-hetero) is 1. The fourth-order valence-corrected chi connectivity index (χ4v) is 2.51. The highest BCUT2D eigenvalue weighted by atomic mass is 16.3. The van der Waals surface area contributed by atoms with Crippen LogP contribution in [0.3, 0.4) is 0 Å². The Morgan fingerprint density at radius 3 is 2.08 bits per heavy atom. The number of phenols is 1. The Balaban J connectivity index is 0.000000185. The van der Waals surface area contributed by atoms with Crippen molar-refractivity contribution in [1.82, 2.24) is 0 Å². The van der Waals surface area contributed by atoms with Crippen LogP contribution in [0.4, 0.5) is 5.69 Å². The predicted molar refractivity (Wildman–Crippen MR) is 100 cm³/mol. The molecule has 1 N–H and O–H groups in total. The van der Waals surface area contributed by atoms with Crippen molar-refractivity contribution < 1.29 is 9.90 Å². The molecule has 0 aromatic heterocycles. The van der Waals surface area contributed by atoms with Gasteiger partial charge in [0, 0.05) is 26.2 Å². The first kappa shape index (κ1) is 17.8. The molecule has 0 atom stereocenters. The first-order chi connectivity index (χ1) is 11.5. The molecule has 1 saturated carbocycles. The Bertz CT molecular complexity index is 698. The number of rotatable bonds is 2. The molecule has 0 radical (unpaired) electrons. The summed E-state index contributed by atoms with van der Waals surface area (Å²) in [6.45, 7) is 2.10. The number of ketones is 1. The standard InChI is InChI=1S/C12H12O2.C9H13N/c13-11-6-4-9(5-7-11)8-10-2-1-3-12(10)14;1-8-4-6-9(7-5-8)10(2)3/h4-8,13H,1-3H2;4-7H,1-3H3. The maximum Gasteiger partial charge on any atom is 0.158 e. The molecule has 3 nitrogen and oxygen atoms in total. The summed E-state index contributed by atoms with van der Waals surface area (Å²) in [6, 6.07) is 15.4. The number of carbonyl (C=O) groups is 1. The van der Waals surface area contributed by atoms with Gasteiger partial charge in [0.25, 0.3) is 0 Å². The monoisotopic (exact) mass is 323 g/mol. The number of phenolic OH excluding ortho intramolecular Hbond substituents is 1. The van der Waals surface area contributed by atoms with Gasteiger partial charge >= 0.3 is 0 Å². The van der Waals surface area contributed by atoms with Crippen molar-refractivity contribution in [3.8, 4) is 5.75 Å². The fourth-order valence-electron chi connectivity index (χ4n) is 2.51. The van der Waals surface area contributed by atoms with E-state index in [1.165, 1.54) is 11.3 Å². The molecule has 0 amide bonds. The number of carbonyl (C=O) groups excluding carboxylic acids is 1. The Hall–Kier alpha value is -2.55. The highest BCUT2D eigenvalue weighted by Gasteiger charge is 2.16. The van der Waals surface area contributed by atoms with Crippen LogP contribution in [0, 0.1) is 6.92 Å². The van der Waals surface area contributed by atoms with Crippen molar-refractivity contribution in [2.45, 2.75) is 26.2 Å². The number of nitrogens with zero attached hydrogens (tertiary/aromatic N) is 1. The molecule has 1 aliphatic rings. The van der Waals surface area contributed by atoms with Gasteiger partial charge in [0.15, 0.2) is 5.78 Å². The van der Waals surface area contributed by atoms with Crippen LogP contribution < -0.4 is 4.90 Å². The topological polar surface area (TPSA) is 40.5 Å². The van der Waals surface area contributed by atoms with Gasteiger partial charge in [0.1, 0.15) is 5.75 Å². The number of aryl methyl sites for hydroxylation is 1. The number of benzene rings is 2. The van der Waals surface area contributed by atoms with Crippen LogP contribution in [0.25, 0.3) is 6.08 Å². The van der Waals surface area contributed by atoms with Crippen molar-refractivity contribution in [3.05, 3.63) is 65.2 Å². The highest BCUT2D eigenvalue weighted by Crippen LogP contribution is 2.23. The van der Waals surface area contributed by atoms with Crippen molar-refractivity contribution in [2.75, 3.05) is 19.0 Å². The molecule has 24 heavy (non-hydrogen) atoms. The zero-order valence-electron chi connectivity index (χ0n) is 14.6. The molecule has 3 heteroatoms. The summed E-state index contributed by atoms with van der Waals surface area (Å²) in [5.41, 5.74) is 4.46. The SMILES string of the molecule is Cc1ccc(N(C)C)cc1.O=C1CCCC1=Cc1ccc(O)cc1. The van der Waals surface area contributed by atoms with E-state index in [2.05, 4.69) is 36.1 Å². The lowest BCUT2D eigenvalue weighted by Crippen LogP contribution is -2.07. The average Bonchev–Trinajstić information content (AvgIpc) is 2.96. The third-order valence-electron chi connectivity index (χ3n) is 3.99. The third-order valence-corrected chi connectivity index (χ3v) is 3.99. The first-order valence-corrected chi connectivity index (χ1v) is 8.22. The summed E-state index contributed by atoms with van der Waals surface area (Å²) in [4.78, 5) is 13.4. The third kappa shape index (κ3) is 5.27. The molecule has 1 aliphatic carbocycles. The van der Waals surface area contributed by atoms with Gasteiger partial charge in [-0.1, -0.05) is 29.8 Å². The Labute approximate surface area is 144 Å².